The molecule has 7 heteroatoms. The minimum Gasteiger partial charge on any atom is -0.354 e. The topological polar surface area (TPSA) is 56.8 Å². The number of likely N-dealkylation sites (tertiary alicyclic amines) is 1. The van der Waals surface area contributed by atoms with Gasteiger partial charge in [-0.1, -0.05) is 30.9 Å². The van der Waals surface area contributed by atoms with Crippen LogP contribution in [-0.2, 0) is 9.59 Å². The molecule has 1 aliphatic carbocycles. The van der Waals surface area contributed by atoms with Crippen LogP contribution in [0.15, 0.2) is 12.3 Å². The first kappa shape index (κ1) is 21.0. The third-order valence-corrected chi connectivity index (χ3v) is 8.16. The standard InChI is InChI=1S/C24H33ClN4O2/c25-20-15-19(28-13-5-4-9-21(28)30)16-26-22(20)27-12-6-10-24(17-27)11-14-29(23(24)31)18-7-2-1-3-8-18/h15-16,18H,1-14,17H2/t24-/m1/s1. The molecule has 0 radical (unpaired) electrons. The second kappa shape index (κ2) is 8.61. The number of amides is 2. The lowest BCUT2D eigenvalue weighted by atomic mass is 9.78. The molecule has 3 saturated heterocycles. The Morgan fingerprint density at radius 3 is 2.58 bits per heavy atom. The van der Waals surface area contributed by atoms with E-state index in [0.29, 0.717) is 29.9 Å². The summed E-state index contributed by atoms with van der Waals surface area (Å²) in [7, 11) is 0. The zero-order valence-corrected chi connectivity index (χ0v) is 19.1. The van der Waals surface area contributed by atoms with E-state index in [4.69, 9.17) is 11.6 Å². The largest absolute Gasteiger partial charge is 0.354 e. The molecule has 5 rings (SSSR count). The summed E-state index contributed by atoms with van der Waals surface area (Å²) in [6, 6.07) is 2.32. The Morgan fingerprint density at radius 2 is 1.81 bits per heavy atom. The van der Waals surface area contributed by atoms with Crippen LogP contribution in [0.1, 0.15) is 70.6 Å². The summed E-state index contributed by atoms with van der Waals surface area (Å²) < 4.78 is 0. The van der Waals surface area contributed by atoms with Crippen molar-refractivity contribution in [2.45, 2.75) is 76.7 Å². The highest BCUT2D eigenvalue weighted by atomic mass is 35.5. The van der Waals surface area contributed by atoms with E-state index in [-0.39, 0.29) is 11.3 Å². The maximum Gasteiger partial charge on any atom is 0.230 e. The van der Waals surface area contributed by atoms with E-state index in [1.807, 2.05) is 6.07 Å². The number of pyridine rings is 1. The summed E-state index contributed by atoms with van der Waals surface area (Å²) >= 11 is 6.67. The molecule has 2 amide bonds. The first-order valence-electron chi connectivity index (χ1n) is 12.1. The Bertz CT molecular complexity index is 856. The average molecular weight is 445 g/mol. The molecular formula is C24H33ClN4O2. The van der Waals surface area contributed by atoms with E-state index in [0.717, 1.165) is 76.1 Å². The van der Waals surface area contributed by atoms with E-state index in [9.17, 15) is 9.59 Å². The molecule has 3 aliphatic heterocycles. The molecular weight excluding hydrogens is 412 g/mol. The maximum atomic E-state index is 13.5. The van der Waals surface area contributed by atoms with Crippen molar-refractivity contribution in [2.75, 3.05) is 36.0 Å². The van der Waals surface area contributed by atoms with Crippen LogP contribution in [0.25, 0.3) is 0 Å². The summed E-state index contributed by atoms with van der Waals surface area (Å²) in [5, 5.41) is 0.572. The predicted octanol–water partition coefficient (Wildman–Crippen LogP) is 4.40. The Labute approximate surface area is 189 Å². The number of rotatable bonds is 3. The summed E-state index contributed by atoms with van der Waals surface area (Å²) in [5.74, 6) is 1.25. The highest BCUT2D eigenvalue weighted by molar-refractivity contribution is 6.33. The van der Waals surface area contributed by atoms with E-state index < -0.39 is 0 Å². The average Bonchev–Trinajstić information content (AvgIpc) is 3.10. The van der Waals surface area contributed by atoms with Crippen LogP contribution in [0, 0.1) is 5.41 Å². The van der Waals surface area contributed by atoms with Gasteiger partial charge in [-0.25, -0.2) is 4.98 Å². The molecule has 4 fully saturated rings. The van der Waals surface area contributed by atoms with Crippen molar-refractivity contribution < 1.29 is 9.59 Å². The zero-order chi connectivity index (χ0) is 21.4. The number of halogens is 1. The summed E-state index contributed by atoms with van der Waals surface area (Å²) in [5.41, 5.74) is 0.493. The summed E-state index contributed by atoms with van der Waals surface area (Å²) in [4.78, 5) is 36.7. The molecule has 1 aromatic heterocycles. The van der Waals surface area contributed by atoms with Crippen molar-refractivity contribution in [2.24, 2.45) is 5.41 Å². The van der Waals surface area contributed by atoms with E-state index in [1.54, 1.807) is 11.1 Å². The van der Waals surface area contributed by atoms with Crippen LogP contribution in [-0.4, -0.2) is 53.9 Å². The van der Waals surface area contributed by atoms with Gasteiger partial charge in [0.1, 0.15) is 5.82 Å². The monoisotopic (exact) mass is 444 g/mol. The fourth-order valence-electron chi connectivity index (χ4n) is 6.16. The van der Waals surface area contributed by atoms with Crippen molar-refractivity contribution in [1.82, 2.24) is 9.88 Å². The molecule has 0 bridgehead atoms. The van der Waals surface area contributed by atoms with Crippen LogP contribution in [0.2, 0.25) is 5.02 Å². The molecule has 1 spiro atoms. The Hall–Kier alpha value is -1.82. The lowest BCUT2D eigenvalue weighted by molar-refractivity contribution is -0.139. The number of anilines is 2. The number of nitrogens with zero attached hydrogens (tertiary/aromatic N) is 4. The molecule has 1 saturated carbocycles. The van der Waals surface area contributed by atoms with Crippen molar-refractivity contribution in [1.29, 1.82) is 0 Å². The first-order valence-corrected chi connectivity index (χ1v) is 12.5. The lowest BCUT2D eigenvalue weighted by Gasteiger charge is -2.41. The fourth-order valence-corrected chi connectivity index (χ4v) is 6.44. The van der Waals surface area contributed by atoms with Gasteiger partial charge >= 0.3 is 0 Å². The van der Waals surface area contributed by atoms with Gasteiger partial charge in [-0.2, -0.15) is 0 Å². The molecule has 168 valence electrons. The van der Waals surface area contributed by atoms with Gasteiger partial charge in [0.25, 0.3) is 0 Å². The Balaban J connectivity index is 1.32. The summed E-state index contributed by atoms with van der Waals surface area (Å²) in [6.45, 7) is 3.19. The molecule has 0 N–H and O–H groups in total. The van der Waals surface area contributed by atoms with E-state index in [2.05, 4.69) is 14.8 Å². The first-order chi connectivity index (χ1) is 15.1. The van der Waals surface area contributed by atoms with Gasteiger partial charge in [0.05, 0.1) is 22.3 Å². The minimum absolute atomic E-state index is 0.146. The van der Waals surface area contributed by atoms with E-state index >= 15 is 0 Å². The van der Waals surface area contributed by atoms with Gasteiger partial charge in [-0.05, 0) is 51.0 Å². The maximum absolute atomic E-state index is 13.5. The predicted molar refractivity (Wildman–Crippen MR) is 123 cm³/mol. The van der Waals surface area contributed by atoms with Crippen LogP contribution < -0.4 is 9.80 Å². The Kier molecular flexibility index (Phi) is 5.84. The van der Waals surface area contributed by atoms with Gasteiger partial charge in [-0.15, -0.1) is 0 Å². The van der Waals surface area contributed by atoms with Crippen molar-refractivity contribution in [3.05, 3.63) is 17.3 Å². The molecule has 0 unspecified atom stereocenters. The smallest absolute Gasteiger partial charge is 0.230 e. The second-order valence-electron chi connectivity index (χ2n) is 9.85. The molecule has 31 heavy (non-hydrogen) atoms. The van der Waals surface area contributed by atoms with Gasteiger partial charge < -0.3 is 14.7 Å². The second-order valence-corrected chi connectivity index (χ2v) is 10.3. The Morgan fingerprint density at radius 1 is 0.968 bits per heavy atom. The van der Waals surface area contributed by atoms with Gasteiger partial charge in [-0.3, -0.25) is 9.59 Å². The number of piperidine rings is 2. The molecule has 0 aromatic carbocycles. The van der Waals surface area contributed by atoms with Crippen LogP contribution >= 0.6 is 11.6 Å². The molecule has 4 aliphatic rings. The van der Waals surface area contributed by atoms with E-state index in [1.165, 1.54) is 19.3 Å². The molecule has 1 aromatic rings. The third kappa shape index (κ3) is 3.92. The quantitative estimate of drug-likeness (QED) is 0.693. The van der Waals surface area contributed by atoms with Crippen LogP contribution in [0.3, 0.4) is 0 Å². The number of carbonyl (C=O) groups excluding carboxylic acids is 2. The van der Waals surface area contributed by atoms with Gasteiger partial charge in [0, 0.05) is 38.6 Å². The minimum atomic E-state index is -0.289. The third-order valence-electron chi connectivity index (χ3n) is 7.88. The highest BCUT2D eigenvalue weighted by Crippen LogP contribution is 2.44. The number of carbonyl (C=O) groups is 2. The van der Waals surface area contributed by atoms with Crippen LogP contribution in [0.4, 0.5) is 11.5 Å². The number of aromatic nitrogens is 1. The van der Waals surface area contributed by atoms with Crippen molar-refractivity contribution in [3.8, 4) is 0 Å². The fraction of sp³-hybridized carbons (Fsp3) is 0.708. The van der Waals surface area contributed by atoms with Crippen molar-refractivity contribution in [3.63, 3.8) is 0 Å². The van der Waals surface area contributed by atoms with Gasteiger partial charge in [0.2, 0.25) is 11.8 Å². The molecule has 1 atom stereocenters. The normalized spacial score (nSPS) is 28.1. The molecule has 4 heterocycles. The van der Waals surface area contributed by atoms with Gasteiger partial charge in [0.15, 0.2) is 0 Å². The molecule has 6 nitrogen and oxygen atoms in total. The number of hydrogen-bond acceptors (Lipinski definition) is 4. The SMILES string of the molecule is O=C1CCCCN1c1cnc(N2CCC[C@@]3(CCN(C4CCCCC4)C3=O)C2)c(Cl)c1. The highest BCUT2D eigenvalue weighted by Gasteiger charge is 2.50. The summed E-state index contributed by atoms with van der Waals surface area (Å²) in [6.07, 6.45) is 13.3. The van der Waals surface area contributed by atoms with Crippen molar-refractivity contribution >= 4 is 34.9 Å². The lowest BCUT2D eigenvalue weighted by Crippen LogP contribution is -2.50. The zero-order valence-electron chi connectivity index (χ0n) is 18.3. The van der Waals surface area contributed by atoms with Crippen LogP contribution in [0.5, 0.6) is 0 Å². The number of hydrogen-bond donors (Lipinski definition) is 0.